The molecule has 0 aromatic carbocycles. The Morgan fingerprint density at radius 3 is 1.42 bits per heavy atom. The quantitative estimate of drug-likeness (QED) is 0.0228. The van der Waals surface area contributed by atoms with Crippen LogP contribution in [0.5, 0.6) is 0 Å². The average molecular weight is 1000 g/mol. The number of unbranched alkanes of at least 4 members (excludes halogenated alkanes) is 26. The van der Waals surface area contributed by atoms with Crippen molar-refractivity contribution in [3.63, 3.8) is 0 Å². The second-order valence-corrected chi connectivity index (χ2v) is 19.5. The molecule has 1 rings (SSSR count). The largest absolute Gasteiger partial charge is 0.479 e. The molecule has 6 atom stereocenters. The molecular formula is C59H102O12. The summed E-state index contributed by atoms with van der Waals surface area (Å²) in [7, 11) is 0. The average Bonchev–Trinajstić information content (AvgIpc) is 3.35. The zero-order valence-electron chi connectivity index (χ0n) is 45.0. The number of carboxylic acid groups (broad SMARTS) is 1. The Morgan fingerprint density at radius 2 is 0.901 bits per heavy atom. The molecular weight excluding hydrogens is 901 g/mol. The van der Waals surface area contributed by atoms with E-state index in [0.717, 1.165) is 96.3 Å². The molecule has 0 radical (unpaired) electrons. The van der Waals surface area contributed by atoms with E-state index in [4.69, 9.17) is 23.7 Å². The van der Waals surface area contributed by atoms with E-state index >= 15 is 0 Å². The van der Waals surface area contributed by atoms with Gasteiger partial charge in [0.25, 0.3) is 0 Å². The molecule has 0 bridgehead atoms. The molecule has 1 aliphatic rings. The van der Waals surface area contributed by atoms with Crippen LogP contribution in [-0.2, 0) is 42.9 Å². The van der Waals surface area contributed by atoms with Crippen LogP contribution in [0.4, 0.5) is 0 Å². The Balaban J connectivity index is 2.69. The van der Waals surface area contributed by atoms with Crippen LogP contribution in [0.25, 0.3) is 0 Å². The van der Waals surface area contributed by atoms with Gasteiger partial charge in [0.2, 0.25) is 0 Å². The van der Waals surface area contributed by atoms with Gasteiger partial charge in [0.1, 0.15) is 18.8 Å². The van der Waals surface area contributed by atoms with Crippen LogP contribution in [0.2, 0.25) is 0 Å². The number of ether oxygens (including phenoxy) is 5. The number of allylic oxidation sites excluding steroid dienone is 8. The lowest BCUT2D eigenvalue weighted by Gasteiger charge is -2.40. The van der Waals surface area contributed by atoms with Crippen molar-refractivity contribution in [2.75, 3.05) is 13.2 Å². The summed E-state index contributed by atoms with van der Waals surface area (Å²) in [5.74, 6) is -3.16. The van der Waals surface area contributed by atoms with Crippen LogP contribution in [0.3, 0.4) is 0 Å². The highest BCUT2D eigenvalue weighted by atomic mass is 16.7. The lowest BCUT2D eigenvalue weighted by Crippen LogP contribution is -2.61. The van der Waals surface area contributed by atoms with Crippen molar-refractivity contribution in [3.8, 4) is 0 Å². The van der Waals surface area contributed by atoms with Crippen molar-refractivity contribution >= 4 is 23.9 Å². The number of aliphatic hydroxyl groups excluding tert-OH is 2. The molecule has 0 aromatic heterocycles. The fourth-order valence-corrected chi connectivity index (χ4v) is 8.48. The molecule has 410 valence electrons. The lowest BCUT2D eigenvalue weighted by molar-refractivity contribution is -0.301. The van der Waals surface area contributed by atoms with Gasteiger partial charge in [-0.2, -0.15) is 0 Å². The number of carbonyl (C=O) groups is 4. The highest BCUT2D eigenvalue weighted by molar-refractivity contribution is 5.74. The number of carbonyl (C=O) groups excluding carboxylic acids is 3. The zero-order valence-corrected chi connectivity index (χ0v) is 45.0. The van der Waals surface area contributed by atoms with Crippen molar-refractivity contribution in [1.29, 1.82) is 0 Å². The molecule has 6 unspecified atom stereocenters. The first-order valence-electron chi connectivity index (χ1n) is 28.6. The number of hydrogen-bond acceptors (Lipinski definition) is 11. The minimum Gasteiger partial charge on any atom is -0.479 e. The summed E-state index contributed by atoms with van der Waals surface area (Å²) in [4.78, 5) is 51.0. The van der Waals surface area contributed by atoms with E-state index < -0.39 is 67.3 Å². The van der Waals surface area contributed by atoms with Crippen LogP contribution < -0.4 is 0 Å². The maximum absolute atomic E-state index is 13.1. The fraction of sp³-hybridized carbons (Fsp3) is 0.797. The predicted molar refractivity (Wildman–Crippen MR) is 285 cm³/mol. The standard InChI is InChI=1S/C59H102O12/c1-4-7-10-13-16-19-22-24-25-26-27-29-31-33-36-39-42-45-51(60)67-48-50(69-52(61)46-43-40-37-35-32-28-23-20-17-14-11-8-5-2)49-68-59-57(55(64)54(63)56(71-59)58(65)66)70-53(62)47-44-41-38-34-30-21-18-15-12-9-6-3/h8,11,15,17-18,20,28,32,50,54-57,59,63-64H,4-7,9-10,12-14,16,19,21-27,29-31,33-49H2,1-3H3,(H,65,66)/b11-8-,18-15-,20-17-,32-28-. The summed E-state index contributed by atoms with van der Waals surface area (Å²) in [6.07, 6.45) is 43.9. The van der Waals surface area contributed by atoms with Gasteiger partial charge in [0, 0.05) is 19.3 Å². The smallest absolute Gasteiger partial charge is 0.335 e. The highest BCUT2D eigenvalue weighted by Gasteiger charge is 2.50. The molecule has 12 nitrogen and oxygen atoms in total. The Morgan fingerprint density at radius 1 is 0.479 bits per heavy atom. The SMILES string of the molecule is CC/C=C\C/C=C\C/C=C\CCCCCC(=O)OC(COC(=O)CCCCCCCCCCCCCCCCCCC)COC1OC(C(=O)O)C(O)C(O)C1OC(=O)CCCCCCC/C=C\CCCC. The summed E-state index contributed by atoms with van der Waals surface area (Å²) in [5, 5.41) is 31.4. The summed E-state index contributed by atoms with van der Waals surface area (Å²) < 4.78 is 28.3. The van der Waals surface area contributed by atoms with Gasteiger partial charge in [0.15, 0.2) is 24.6 Å². The summed E-state index contributed by atoms with van der Waals surface area (Å²) in [6.45, 7) is 5.81. The molecule has 1 aliphatic heterocycles. The van der Waals surface area contributed by atoms with Crippen molar-refractivity contribution in [2.24, 2.45) is 0 Å². The topological polar surface area (TPSA) is 175 Å². The molecule has 0 amide bonds. The van der Waals surface area contributed by atoms with E-state index in [1.54, 1.807) is 0 Å². The van der Waals surface area contributed by atoms with E-state index in [9.17, 15) is 34.5 Å². The molecule has 0 aliphatic carbocycles. The van der Waals surface area contributed by atoms with Gasteiger partial charge in [-0.05, 0) is 70.6 Å². The number of hydrogen-bond donors (Lipinski definition) is 3. The molecule has 1 fully saturated rings. The van der Waals surface area contributed by atoms with E-state index in [-0.39, 0.29) is 25.9 Å². The monoisotopic (exact) mass is 1000 g/mol. The van der Waals surface area contributed by atoms with Gasteiger partial charge in [-0.3, -0.25) is 14.4 Å². The van der Waals surface area contributed by atoms with Gasteiger partial charge in [-0.1, -0.05) is 211 Å². The predicted octanol–water partition coefficient (Wildman–Crippen LogP) is 14.2. The molecule has 0 aromatic rings. The molecule has 1 saturated heterocycles. The maximum Gasteiger partial charge on any atom is 0.335 e. The van der Waals surface area contributed by atoms with Crippen molar-refractivity contribution < 1.29 is 58.2 Å². The van der Waals surface area contributed by atoms with E-state index in [0.29, 0.717) is 19.3 Å². The first-order chi connectivity index (χ1) is 34.6. The van der Waals surface area contributed by atoms with Crippen molar-refractivity contribution in [3.05, 3.63) is 48.6 Å². The highest BCUT2D eigenvalue weighted by Crippen LogP contribution is 2.26. The number of aliphatic carboxylic acids is 1. The third-order valence-corrected chi connectivity index (χ3v) is 12.9. The van der Waals surface area contributed by atoms with Gasteiger partial charge < -0.3 is 39.0 Å². The fourth-order valence-electron chi connectivity index (χ4n) is 8.48. The van der Waals surface area contributed by atoms with E-state index in [1.165, 1.54) is 96.3 Å². The number of carboxylic acids is 1. The Kier molecular flexibility index (Phi) is 44.1. The molecule has 71 heavy (non-hydrogen) atoms. The van der Waals surface area contributed by atoms with Crippen LogP contribution in [0.15, 0.2) is 48.6 Å². The number of aliphatic hydroxyl groups is 2. The van der Waals surface area contributed by atoms with Gasteiger partial charge >= 0.3 is 23.9 Å². The van der Waals surface area contributed by atoms with Crippen LogP contribution >= 0.6 is 0 Å². The maximum atomic E-state index is 13.1. The molecule has 0 saturated carbocycles. The molecule has 1 heterocycles. The minimum atomic E-state index is -1.91. The Bertz CT molecular complexity index is 1420. The van der Waals surface area contributed by atoms with Crippen LogP contribution in [-0.4, -0.2) is 89.2 Å². The van der Waals surface area contributed by atoms with E-state index in [1.807, 2.05) is 0 Å². The molecule has 3 N–H and O–H groups in total. The van der Waals surface area contributed by atoms with Crippen LogP contribution in [0, 0.1) is 0 Å². The second kappa shape index (κ2) is 47.7. The van der Waals surface area contributed by atoms with Gasteiger partial charge in [0.05, 0.1) is 6.61 Å². The summed E-state index contributed by atoms with van der Waals surface area (Å²) in [6, 6.07) is 0. The Hall–Kier alpha value is -3.32. The normalized spacial score (nSPS) is 18.8. The third kappa shape index (κ3) is 38.0. The van der Waals surface area contributed by atoms with Gasteiger partial charge in [-0.15, -0.1) is 0 Å². The van der Waals surface area contributed by atoms with Crippen LogP contribution in [0.1, 0.15) is 252 Å². The first-order valence-corrected chi connectivity index (χ1v) is 28.6. The molecule has 12 heteroatoms. The summed E-state index contributed by atoms with van der Waals surface area (Å²) >= 11 is 0. The second-order valence-electron chi connectivity index (χ2n) is 19.5. The number of esters is 3. The lowest BCUT2D eigenvalue weighted by atomic mass is 9.98. The Labute approximate surface area is 431 Å². The molecule has 0 spiro atoms. The zero-order chi connectivity index (χ0) is 51.8. The van der Waals surface area contributed by atoms with Crippen molar-refractivity contribution in [1.82, 2.24) is 0 Å². The third-order valence-electron chi connectivity index (χ3n) is 12.9. The minimum absolute atomic E-state index is 0.0474. The summed E-state index contributed by atoms with van der Waals surface area (Å²) in [5.41, 5.74) is 0. The van der Waals surface area contributed by atoms with Crippen molar-refractivity contribution in [2.45, 2.75) is 289 Å². The van der Waals surface area contributed by atoms with Gasteiger partial charge in [-0.25, -0.2) is 4.79 Å². The first kappa shape index (κ1) is 65.7. The number of rotatable bonds is 48. The van der Waals surface area contributed by atoms with E-state index in [2.05, 4.69) is 69.4 Å².